The van der Waals surface area contributed by atoms with Crippen LogP contribution in [0.15, 0.2) is 158 Å². The molecule has 38 heavy (non-hydrogen) atoms. The lowest BCUT2D eigenvalue weighted by molar-refractivity contribution is 1.27. The van der Waals surface area contributed by atoms with E-state index in [0.717, 1.165) is 17.1 Å². The summed E-state index contributed by atoms with van der Waals surface area (Å²) in [6.45, 7) is 2.13. The molecule has 0 atom stereocenters. The molecule has 0 amide bonds. The van der Waals surface area contributed by atoms with Crippen molar-refractivity contribution in [3.63, 3.8) is 0 Å². The van der Waals surface area contributed by atoms with Crippen LogP contribution in [0.1, 0.15) is 5.56 Å². The van der Waals surface area contributed by atoms with Crippen LogP contribution in [0.4, 0.5) is 17.1 Å². The molecule has 6 aromatic rings. The maximum atomic E-state index is 2.32. The van der Waals surface area contributed by atoms with Crippen molar-refractivity contribution in [2.45, 2.75) is 6.92 Å². The molecule has 0 bridgehead atoms. The number of anilines is 3. The summed E-state index contributed by atoms with van der Waals surface area (Å²) in [5, 5.41) is 0. The first-order chi connectivity index (χ1) is 18.7. The number of nitrogens with zero attached hydrogens (tertiary/aromatic N) is 1. The average molecular weight is 488 g/mol. The predicted octanol–water partition coefficient (Wildman–Crippen LogP) is 10.5. The molecular formula is C37H29N. The summed E-state index contributed by atoms with van der Waals surface area (Å²) in [6.07, 6.45) is 0. The van der Waals surface area contributed by atoms with Crippen LogP contribution in [-0.2, 0) is 0 Å². The van der Waals surface area contributed by atoms with E-state index in [1.807, 2.05) is 0 Å². The summed E-state index contributed by atoms with van der Waals surface area (Å²) in [6, 6.07) is 56.2. The zero-order valence-electron chi connectivity index (χ0n) is 21.5. The van der Waals surface area contributed by atoms with Gasteiger partial charge in [-0.05, 0) is 76.7 Å². The first kappa shape index (κ1) is 23.5. The maximum absolute atomic E-state index is 2.32. The molecule has 0 N–H and O–H groups in total. The Balaban J connectivity index is 1.32. The number of aryl methyl sites for hydroxylation is 1. The van der Waals surface area contributed by atoms with Gasteiger partial charge in [0.05, 0.1) is 0 Å². The Morgan fingerprint density at radius 1 is 0.289 bits per heavy atom. The van der Waals surface area contributed by atoms with Gasteiger partial charge in [0, 0.05) is 17.1 Å². The third kappa shape index (κ3) is 5.00. The molecule has 0 radical (unpaired) electrons. The van der Waals surface area contributed by atoms with Crippen molar-refractivity contribution >= 4 is 17.1 Å². The van der Waals surface area contributed by atoms with Gasteiger partial charge in [-0.1, -0.05) is 127 Å². The van der Waals surface area contributed by atoms with E-state index in [-0.39, 0.29) is 0 Å². The largest absolute Gasteiger partial charge is 0.311 e. The molecule has 182 valence electrons. The molecule has 0 saturated heterocycles. The first-order valence-corrected chi connectivity index (χ1v) is 13.0. The van der Waals surface area contributed by atoms with Crippen molar-refractivity contribution in [3.8, 4) is 33.4 Å². The normalized spacial score (nSPS) is 10.8. The standard InChI is InChI=1S/C37H29N/c1-28-12-22-35(23-13-28)38(36-24-18-33(19-25-36)30-10-6-3-7-11-30)37-26-20-34(21-27-37)32-16-14-31(15-17-32)29-8-4-2-5-9-29/h2-27H,1H3. The Bertz CT molecular complexity index is 1600. The predicted molar refractivity (Wildman–Crippen MR) is 162 cm³/mol. The van der Waals surface area contributed by atoms with Gasteiger partial charge in [0.1, 0.15) is 0 Å². The van der Waals surface area contributed by atoms with Crippen LogP contribution < -0.4 is 4.90 Å². The summed E-state index contributed by atoms with van der Waals surface area (Å²) >= 11 is 0. The molecule has 6 rings (SSSR count). The van der Waals surface area contributed by atoms with Crippen LogP contribution in [0.2, 0.25) is 0 Å². The van der Waals surface area contributed by atoms with Crippen molar-refractivity contribution in [3.05, 3.63) is 163 Å². The highest BCUT2D eigenvalue weighted by Gasteiger charge is 2.13. The van der Waals surface area contributed by atoms with E-state index >= 15 is 0 Å². The van der Waals surface area contributed by atoms with Crippen molar-refractivity contribution in [1.82, 2.24) is 0 Å². The van der Waals surface area contributed by atoms with Gasteiger partial charge in [0.15, 0.2) is 0 Å². The van der Waals surface area contributed by atoms with E-state index in [9.17, 15) is 0 Å². The van der Waals surface area contributed by atoms with E-state index in [1.54, 1.807) is 0 Å². The van der Waals surface area contributed by atoms with Gasteiger partial charge >= 0.3 is 0 Å². The monoisotopic (exact) mass is 487 g/mol. The van der Waals surface area contributed by atoms with Crippen LogP contribution in [0, 0.1) is 6.92 Å². The highest BCUT2D eigenvalue weighted by Crippen LogP contribution is 2.37. The number of hydrogen-bond donors (Lipinski definition) is 0. The molecule has 0 aliphatic heterocycles. The molecule has 0 aliphatic carbocycles. The molecule has 0 aliphatic rings. The molecule has 1 heteroatoms. The summed E-state index contributed by atoms with van der Waals surface area (Å²) in [5.74, 6) is 0. The molecule has 0 fully saturated rings. The molecule has 0 aromatic heterocycles. The van der Waals surface area contributed by atoms with E-state index in [4.69, 9.17) is 0 Å². The van der Waals surface area contributed by atoms with E-state index < -0.39 is 0 Å². The van der Waals surface area contributed by atoms with Crippen molar-refractivity contribution in [2.24, 2.45) is 0 Å². The summed E-state index contributed by atoms with van der Waals surface area (Å²) in [4.78, 5) is 2.32. The highest BCUT2D eigenvalue weighted by atomic mass is 15.1. The SMILES string of the molecule is Cc1ccc(N(c2ccc(-c3ccccc3)cc2)c2ccc(-c3ccc(-c4ccccc4)cc3)cc2)cc1. The van der Waals surface area contributed by atoms with Crippen molar-refractivity contribution in [2.75, 3.05) is 4.90 Å². The molecule has 1 nitrogen and oxygen atoms in total. The minimum atomic E-state index is 1.13. The van der Waals surface area contributed by atoms with E-state index in [1.165, 1.54) is 38.9 Å². The Hall–Kier alpha value is -4.88. The van der Waals surface area contributed by atoms with Crippen LogP contribution in [0.5, 0.6) is 0 Å². The third-order valence-corrected chi connectivity index (χ3v) is 6.98. The Labute approximate surface area is 225 Å². The van der Waals surface area contributed by atoms with Crippen LogP contribution in [0.25, 0.3) is 33.4 Å². The fourth-order valence-electron chi connectivity index (χ4n) is 4.86. The fourth-order valence-corrected chi connectivity index (χ4v) is 4.86. The zero-order valence-corrected chi connectivity index (χ0v) is 21.5. The lowest BCUT2D eigenvalue weighted by atomic mass is 10.00. The minimum absolute atomic E-state index is 1.13. The molecule has 0 spiro atoms. The van der Waals surface area contributed by atoms with Crippen LogP contribution in [-0.4, -0.2) is 0 Å². The summed E-state index contributed by atoms with van der Waals surface area (Å²) < 4.78 is 0. The molecule has 0 saturated carbocycles. The third-order valence-electron chi connectivity index (χ3n) is 6.98. The fraction of sp³-hybridized carbons (Fsp3) is 0.0270. The highest BCUT2D eigenvalue weighted by molar-refractivity contribution is 5.80. The lowest BCUT2D eigenvalue weighted by Gasteiger charge is -2.26. The second kappa shape index (κ2) is 10.6. The average Bonchev–Trinajstić information content (AvgIpc) is 3.00. The van der Waals surface area contributed by atoms with E-state index in [0.29, 0.717) is 0 Å². The van der Waals surface area contributed by atoms with Gasteiger partial charge in [-0.3, -0.25) is 0 Å². The molecule has 0 unspecified atom stereocenters. The van der Waals surface area contributed by atoms with Gasteiger partial charge in [-0.15, -0.1) is 0 Å². The van der Waals surface area contributed by atoms with Gasteiger partial charge in [0.25, 0.3) is 0 Å². The second-order valence-corrected chi connectivity index (χ2v) is 9.57. The molecule has 0 heterocycles. The van der Waals surface area contributed by atoms with Crippen molar-refractivity contribution in [1.29, 1.82) is 0 Å². The smallest absolute Gasteiger partial charge is 0.0462 e. The van der Waals surface area contributed by atoms with Gasteiger partial charge in [-0.25, -0.2) is 0 Å². The topological polar surface area (TPSA) is 3.24 Å². The first-order valence-electron chi connectivity index (χ1n) is 13.0. The van der Waals surface area contributed by atoms with Crippen molar-refractivity contribution < 1.29 is 0 Å². The Morgan fingerprint density at radius 3 is 0.895 bits per heavy atom. The Kier molecular flexibility index (Phi) is 6.57. The van der Waals surface area contributed by atoms with E-state index in [2.05, 4.69) is 170 Å². The Morgan fingerprint density at radius 2 is 0.553 bits per heavy atom. The van der Waals surface area contributed by atoms with Gasteiger partial charge < -0.3 is 4.90 Å². The summed E-state index contributed by atoms with van der Waals surface area (Å²) in [5.41, 5.74) is 12.0. The molecular weight excluding hydrogens is 458 g/mol. The van der Waals surface area contributed by atoms with Gasteiger partial charge in [-0.2, -0.15) is 0 Å². The molecule has 6 aromatic carbocycles. The number of hydrogen-bond acceptors (Lipinski definition) is 1. The quantitative estimate of drug-likeness (QED) is 0.226. The van der Waals surface area contributed by atoms with Crippen LogP contribution in [0.3, 0.4) is 0 Å². The summed E-state index contributed by atoms with van der Waals surface area (Å²) in [7, 11) is 0. The minimum Gasteiger partial charge on any atom is -0.311 e. The number of rotatable bonds is 6. The zero-order chi connectivity index (χ0) is 25.7. The maximum Gasteiger partial charge on any atom is 0.0462 e. The second-order valence-electron chi connectivity index (χ2n) is 9.57. The lowest BCUT2D eigenvalue weighted by Crippen LogP contribution is -2.09. The van der Waals surface area contributed by atoms with Crippen LogP contribution >= 0.6 is 0 Å². The number of benzene rings is 6. The van der Waals surface area contributed by atoms with Gasteiger partial charge in [0.2, 0.25) is 0 Å².